The van der Waals surface area contributed by atoms with Crippen molar-refractivity contribution >= 4 is 11.6 Å². The van der Waals surface area contributed by atoms with Crippen LogP contribution in [0.15, 0.2) is 36.7 Å². The number of rotatable bonds is 7. The van der Waals surface area contributed by atoms with E-state index in [1.165, 1.54) is 5.56 Å². The van der Waals surface area contributed by atoms with Crippen molar-refractivity contribution in [2.45, 2.75) is 12.8 Å². The second-order valence-corrected chi connectivity index (χ2v) is 6.06. The van der Waals surface area contributed by atoms with Crippen molar-refractivity contribution in [3.05, 3.63) is 42.2 Å². The molecular weight excluding hydrogens is 304 g/mol. The molecular formula is C18H24N4O2. The zero-order valence-corrected chi connectivity index (χ0v) is 14.0. The number of aromatic nitrogens is 2. The highest BCUT2D eigenvalue weighted by Gasteiger charge is 2.24. The summed E-state index contributed by atoms with van der Waals surface area (Å²) < 4.78 is 5.21. The average Bonchev–Trinajstić information content (AvgIpc) is 3.09. The largest absolute Gasteiger partial charge is 0.497 e. The molecule has 3 rings (SSSR count). The number of hydrogen-bond acceptors (Lipinski definition) is 6. The van der Waals surface area contributed by atoms with Crippen molar-refractivity contribution in [3.8, 4) is 5.75 Å². The van der Waals surface area contributed by atoms with Gasteiger partial charge in [-0.05, 0) is 36.5 Å². The van der Waals surface area contributed by atoms with Crippen LogP contribution in [0.5, 0.6) is 5.75 Å². The van der Waals surface area contributed by atoms with E-state index in [-0.39, 0.29) is 6.61 Å². The van der Waals surface area contributed by atoms with Gasteiger partial charge in [-0.3, -0.25) is 0 Å². The van der Waals surface area contributed by atoms with Gasteiger partial charge in [0.2, 0.25) is 0 Å². The molecule has 0 amide bonds. The SMILES string of the molecule is COc1ccc(CC2CCN(c3cc(NCCO)ncn3)C2)cc1. The van der Waals surface area contributed by atoms with Gasteiger partial charge in [0, 0.05) is 25.7 Å². The first-order valence-electron chi connectivity index (χ1n) is 8.33. The quantitative estimate of drug-likeness (QED) is 0.810. The molecule has 128 valence electrons. The Kier molecular flexibility index (Phi) is 5.48. The van der Waals surface area contributed by atoms with E-state index in [4.69, 9.17) is 9.84 Å². The fourth-order valence-corrected chi connectivity index (χ4v) is 3.10. The van der Waals surface area contributed by atoms with Gasteiger partial charge >= 0.3 is 0 Å². The van der Waals surface area contributed by atoms with Crippen molar-refractivity contribution in [1.82, 2.24) is 9.97 Å². The molecule has 1 atom stereocenters. The maximum Gasteiger partial charge on any atom is 0.134 e. The molecule has 1 aliphatic heterocycles. The van der Waals surface area contributed by atoms with Crippen LogP contribution in [0.2, 0.25) is 0 Å². The molecule has 1 aliphatic rings. The highest BCUT2D eigenvalue weighted by Crippen LogP contribution is 2.26. The van der Waals surface area contributed by atoms with Gasteiger partial charge in [0.25, 0.3) is 0 Å². The summed E-state index contributed by atoms with van der Waals surface area (Å²) >= 11 is 0. The number of hydrogen-bond donors (Lipinski definition) is 2. The highest BCUT2D eigenvalue weighted by molar-refractivity contribution is 5.49. The van der Waals surface area contributed by atoms with Crippen LogP contribution in [0.3, 0.4) is 0 Å². The van der Waals surface area contributed by atoms with Crippen LogP contribution in [0.4, 0.5) is 11.6 Å². The van der Waals surface area contributed by atoms with E-state index in [0.717, 1.165) is 43.3 Å². The molecule has 6 nitrogen and oxygen atoms in total. The number of aliphatic hydroxyl groups is 1. The summed E-state index contributed by atoms with van der Waals surface area (Å²) in [7, 11) is 1.69. The Labute approximate surface area is 142 Å². The Balaban J connectivity index is 1.58. The standard InChI is InChI=1S/C18H24N4O2/c1-24-16-4-2-14(3-5-16)10-15-6-8-22(12-15)18-11-17(19-7-9-23)20-13-21-18/h2-5,11,13,15,23H,6-10,12H2,1H3,(H,19,20,21). The first-order chi connectivity index (χ1) is 11.8. The molecule has 0 aliphatic carbocycles. The third-order valence-corrected chi connectivity index (χ3v) is 4.36. The summed E-state index contributed by atoms with van der Waals surface area (Å²) in [5, 5.41) is 12.0. The van der Waals surface area contributed by atoms with Gasteiger partial charge < -0.3 is 20.1 Å². The molecule has 6 heteroatoms. The van der Waals surface area contributed by atoms with Gasteiger partial charge in [-0.1, -0.05) is 12.1 Å². The van der Waals surface area contributed by atoms with E-state index >= 15 is 0 Å². The molecule has 1 aromatic heterocycles. The van der Waals surface area contributed by atoms with Crippen LogP contribution >= 0.6 is 0 Å². The van der Waals surface area contributed by atoms with Crippen molar-refractivity contribution in [3.63, 3.8) is 0 Å². The number of benzene rings is 1. The molecule has 0 spiro atoms. The number of ether oxygens (including phenoxy) is 1. The summed E-state index contributed by atoms with van der Waals surface area (Å²) in [4.78, 5) is 10.9. The first-order valence-corrected chi connectivity index (χ1v) is 8.33. The van der Waals surface area contributed by atoms with Crippen LogP contribution in [-0.4, -0.2) is 48.4 Å². The number of methoxy groups -OCH3 is 1. The molecule has 1 unspecified atom stereocenters. The molecule has 1 aromatic carbocycles. The number of aliphatic hydroxyl groups excluding tert-OH is 1. The smallest absolute Gasteiger partial charge is 0.134 e. The minimum absolute atomic E-state index is 0.0903. The van der Waals surface area contributed by atoms with Crippen LogP contribution in [0.1, 0.15) is 12.0 Å². The minimum atomic E-state index is 0.0903. The van der Waals surface area contributed by atoms with E-state index in [2.05, 4.69) is 32.3 Å². The summed E-state index contributed by atoms with van der Waals surface area (Å²) in [5.41, 5.74) is 1.34. The monoisotopic (exact) mass is 328 g/mol. The van der Waals surface area contributed by atoms with Crippen molar-refractivity contribution < 1.29 is 9.84 Å². The zero-order valence-electron chi connectivity index (χ0n) is 14.0. The molecule has 24 heavy (non-hydrogen) atoms. The third-order valence-electron chi connectivity index (χ3n) is 4.36. The molecule has 0 saturated carbocycles. The molecule has 0 radical (unpaired) electrons. The molecule has 0 bridgehead atoms. The summed E-state index contributed by atoms with van der Waals surface area (Å²) in [6.07, 6.45) is 3.81. The maximum atomic E-state index is 8.89. The van der Waals surface area contributed by atoms with Crippen LogP contribution in [-0.2, 0) is 6.42 Å². The van der Waals surface area contributed by atoms with Gasteiger partial charge in [-0.15, -0.1) is 0 Å². The lowest BCUT2D eigenvalue weighted by Crippen LogP contribution is -2.21. The molecule has 1 saturated heterocycles. The molecule has 2 aromatic rings. The lowest BCUT2D eigenvalue weighted by atomic mass is 9.99. The predicted octanol–water partition coefficient (Wildman–Crippen LogP) is 1.96. The van der Waals surface area contributed by atoms with E-state index in [1.54, 1.807) is 13.4 Å². The first kappa shape index (κ1) is 16.5. The van der Waals surface area contributed by atoms with Gasteiger partial charge in [0.05, 0.1) is 13.7 Å². The second-order valence-electron chi connectivity index (χ2n) is 6.06. The van der Waals surface area contributed by atoms with E-state index in [1.807, 2.05) is 18.2 Å². The van der Waals surface area contributed by atoms with Gasteiger partial charge in [0.1, 0.15) is 23.7 Å². The van der Waals surface area contributed by atoms with E-state index in [9.17, 15) is 0 Å². The van der Waals surface area contributed by atoms with Crippen molar-refractivity contribution in [2.75, 3.05) is 43.6 Å². The van der Waals surface area contributed by atoms with Gasteiger partial charge in [-0.25, -0.2) is 9.97 Å². The Morgan fingerprint density at radius 3 is 2.88 bits per heavy atom. The molecule has 2 N–H and O–H groups in total. The third kappa shape index (κ3) is 4.14. The lowest BCUT2D eigenvalue weighted by molar-refractivity contribution is 0.311. The Hall–Kier alpha value is -2.34. The van der Waals surface area contributed by atoms with Crippen LogP contribution < -0.4 is 15.0 Å². The summed E-state index contributed by atoms with van der Waals surface area (Å²) in [6, 6.07) is 10.3. The summed E-state index contributed by atoms with van der Waals surface area (Å²) in [5.74, 6) is 3.23. The van der Waals surface area contributed by atoms with Crippen molar-refractivity contribution in [1.29, 1.82) is 0 Å². The number of nitrogens with zero attached hydrogens (tertiary/aromatic N) is 3. The number of nitrogens with one attached hydrogen (secondary N) is 1. The highest BCUT2D eigenvalue weighted by atomic mass is 16.5. The predicted molar refractivity (Wildman–Crippen MR) is 94.6 cm³/mol. The average molecular weight is 328 g/mol. The van der Waals surface area contributed by atoms with Gasteiger partial charge in [-0.2, -0.15) is 0 Å². The normalized spacial score (nSPS) is 17.1. The second kappa shape index (κ2) is 7.97. The molecule has 2 heterocycles. The van der Waals surface area contributed by atoms with Crippen molar-refractivity contribution in [2.24, 2.45) is 5.92 Å². The van der Waals surface area contributed by atoms with E-state index < -0.39 is 0 Å². The van der Waals surface area contributed by atoms with Crippen LogP contribution in [0, 0.1) is 5.92 Å². The Bertz CT molecular complexity index is 648. The Morgan fingerprint density at radius 1 is 1.29 bits per heavy atom. The van der Waals surface area contributed by atoms with E-state index in [0.29, 0.717) is 12.5 Å². The lowest BCUT2D eigenvalue weighted by Gasteiger charge is -2.18. The minimum Gasteiger partial charge on any atom is -0.497 e. The maximum absolute atomic E-state index is 8.89. The van der Waals surface area contributed by atoms with Crippen LogP contribution in [0.25, 0.3) is 0 Å². The fraction of sp³-hybridized carbons (Fsp3) is 0.444. The topological polar surface area (TPSA) is 70.5 Å². The molecule has 1 fully saturated rings. The summed E-state index contributed by atoms with van der Waals surface area (Å²) in [6.45, 7) is 2.60. The Morgan fingerprint density at radius 2 is 2.12 bits per heavy atom. The van der Waals surface area contributed by atoms with Gasteiger partial charge in [0.15, 0.2) is 0 Å². The fourth-order valence-electron chi connectivity index (χ4n) is 3.10. The zero-order chi connectivity index (χ0) is 16.8. The number of anilines is 2.